The first-order valence-electron chi connectivity index (χ1n) is 7.78. The van der Waals surface area contributed by atoms with Crippen molar-refractivity contribution in [1.82, 2.24) is 0 Å². The molecular weight excluding hydrogens is 298 g/mol. The molecular formula is C19H18F2O2. The van der Waals surface area contributed by atoms with E-state index in [0.717, 1.165) is 5.56 Å². The average Bonchev–Trinajstić information content (AvgIpc) is 3.33. The Balaban J connectivity index is 1.78. The molecule has 1 saturated carbocycles. The third-order valence-electron chi connectivity index (χ3n) is 4.20. The van der Waals surface area contributed by atoms with Crippen LogP contribution in [-0.2, 0) is 16.0 Å². The van der Waals surface area contributed by atoms with Crippen LogP contribution in [0.15, 0.2) is 42.5 Å². The molecule has 2 aromatic carbocycles. The molecule has 3 rings (SSSR count). The lowest BCUT2D eigenvalue weighted by molar-refractivity contribution is -0.144. The monoisotopic (exact) mass is 316 g/mol. The van der Waals surface area contributed by atoms with Gasteiger partial charge in [0.05, 0.1) is 12.5 Å². The maximum absolute atomic E-state index is 14.3. The Morgan fingerprint density at radius 2 is 1.83 bits per heavy atom. The largest absolute Gasteiger partial charge is 0.466 e. The van der Waals surface area contributed by atoms with Crippen LogP contribution in [0.1, 0.15) is 36.0 Å². The molecule has 1 aliphatic rings. The minimum atomic E-state index is -0.557. The smallest absolute Gasteiger partial charge is 0.309 e. The van der Waals surface area contributed by atoms with Gasteiger partial charge in [-0.05, 0) is 42.5 Å². The lowest BCUT2D eigenvalue weighted by Gasteiger charge is -2.08. The molecule has 4 heteroatoms. The van der Waals surface area contributed by atoms with Crippen molar-refractivity contribution >= 4 is 5.97 Å². The predicted octanol–water partition coefficient (Wildman–Crippen LogP) is 4.22. The molecule has 0 bridgehead atoms. The first kappa shape index (κ1) is 15.7. The van der Waals surface area contributed by atoms with E-state index in [9.17, 15) is 13.6 Å². The molecule has 0 aliphatic heterocycles. The van der Waals surface area contributed by atoms with Crippen LogP contribution in [0.2, 0.25) is 0 Å². The quantitative estimate of drug-likeness (QED) is 0.772. The van der Waals surface area contributed by atoms with Crippen molar-refractivity contribution in [2.24, 2.45) is 5.92 Å². The van der Waals surface area contributed by atoms with E-state index in [-0.39, 0.29) is 29.8 Å². The van der Waals surface area contributed by atoms with Gasteiger partial charge in [0, 0.05) is 12.0 Å². The highest BCUT2D eigenvalue weighted by molar-refractivity contribution is 5.77. The summed E-state index contributed by atoms with van der Waals surface area (Å²) in [7, 11) is 0. The Morgan fingerprint density at radius 1 is 1.17 bits per heavy atom. The maximum atomic E-state index is 14.3. The first-order valence-corrected chi connectivity index (χ1v) is 7.78. The van der Waals surface area contributed by atoms with Crippen molar-refractivity contribution in [3.63, 3.8) is 0 Å². The van der Waals surface area contributed by atoms with E-state index in [0.29, 0.717) is 18.6 Å². The fourth-order valence-electron chi connectivity index (χ4n) is 2.88. The Hall–Kier alpha value is -2.23. The Labute approximate surface area is 134 Å². The second kappa shape index (κ2) is 6.49. The number of carbonyl (C=O) groups is 1. The zero-order valence-corrected chi connectivity index (χ0v) is 12.9. The predicted molar refractivity (Wildman–Crippen MR) is 83.1 cm³/mol. The average molecular weight is 316 g/mol. The summed E-state index contributed by atoms with van der Waals surface area (Å²) in [6.07, 6.45) is 0.806. The molecule has 0 saturated heterocycles. The van der Waals surface area contributed by atoms with Crippen LogP contribution < -0.4 is 0 Å². The molecule has 23 heavy (non-hydrogen) atoms. The summed E-state index contributed by atoms with van der Waals surface area (Å²) < 4.78 is 33.6. The van der Waals surface area contributed by atoms with Crippen LogP contribution in [0.25, 0.3) is 0 Å². The standard InChI is InChI=1S/C19H18F2O2/c1-2-23-19(22)15-11-14(15)13-9-17(20)16(18(21)10-13)8-12-6-4-3-5-7-12/h3-7,9-10,14-15H,2,8,11H2,1H3. The van der Waals surface area contributed by atoms with Crippen molar-refractivity contribution in [3.8, 4) is 0 Å². The van der Waals surface area contributed by atoms with Gasteiger partial charge in [0.2, 0.25) is 0 Å². The summed E-state index contributed by atoms with van der Waals surface area (Å²) in [5.74, 6) is -1.80. The van der Waals surface area contributed by atoms with Crippen LogP contribution in [0.3, 0.4) is 0 Å². The van der Waals surface area contributed by atoms with Gasteiger partial charge < -0.3 is 4.74 Å². The van der Waals surface area contributed by atoms with E-state index in [1.165, 1.54) is 12.1 Å². The number of carbonyl (C=O) groups excluding carboxylic acids is 1. The van der Waals surface area contributed by atoms with E-state index >= 15 is 0 Å². The molecule has 0 aromatic heterocycles. The summed E-state index contributed by atoms with van der Waals surface area (Å²) in [4.78, 5) is 11.7. The van der Waals surface area contributed by atoms with Gasteiger partial charge in [0.25, 0.3) is 0 Å². The Kier molecular flexibility index (Phi) is 4.42. The summed E-state index contributed by atoms with van der Waals surface area (Å²) in [5, 5.41) is 0. The van der Waals surface area contributed by atoms with Crippen molar-refractivity contribution < 1.29 is 18.3 Å². The number of hydrogen-bond acceptors (Lipinski definition) is 2. The van der Waals surface area contributed by atoms with Gasteiger partial charge in [-0.15, -0.1) is 0 Å². The number of halogens is 2. The summed E-state index contributed by atoms with van der Waals surface area (Å²) in [6, 6.07) is 11.9. The van der Waals surface area contributed by atoms with E-state index < -0.39 is 11.6 Å². The van der Waals surface area contributed by atoms with Crippen LogP contribution in [0, 0.1) is 17.6 Å². The van der Waals surface area contributed by atoms with Gasteiger partial charge in [-0.25, -0.2) is 8.78 Å². The number of esters is 1. The lowest BCUT2D eigenvalue weighted by Crippen LogP contribution is -2.07. The SMILES string of the molecule is CCOC(=O)C1CC1c1cc(F)c(Cc2ccccc2)c(F)c1. The van der Waals surface area contributed by atoms with Gasteiger partial charge in [-0.1, -0.05) is 30.3 Å². The van der Waals surface area contributed by atoms with Crippen LogP contribution in [0.5, 0.6) is 0 Å². The van der Waals surface area contributed by atoms with Crippen molar-refractivity contribution in [2.75, 3.05) is 6.61 Å². The molecule has 0 spiro atoms. The van der Waals surface area contributed by atoms with Crippen LogP contribution >= 0.6 is 0 Å². The zero-order valence-electron chi connectivity index (χ0n) is 12.9. The minimum absolute atomic E-state index is 0.0632. The molecule has 0 amide bonds. The lowest BCUT2D eigenvalue weighted by atomic mass is 10.00. The summed E-state index contributed by atoms with van der Waals surface area (Å²) >= 11 is 0. The second-order valence-electron chi connectivity index (χ2n) is 5.83. The molecule has 1 aliphatic carbocycles. The number of rotatable bonds is 5. The molecule has 2 nitrogen and oxygen atoms in total. The van der Waals surface area contributed by atoms with Gasteiger partial charge >= 0.3 is 5.97 Å². The van der Waals surface area contributed by atoms with Gasteiger partial charge in [-0.2, -0.15) is 0 Å². The second-order valence-corrected chi connectivity index (χ2v) is 5.83. The molecule has 120 valence electrons. The van der Waals surface area contributed by atoms with Crippen LogP contribution in [-0.4, -0.2) is 12.6 Å². The van der Waals surface area contributed by atoms with Crippen molar-refractivity contribution in [2.45, 2.75) is 25.7 Å². The highest BCUT2D eigenvalue weighted by atomic mass is 19.1. The van der Waals surface area contributed by atoms with Crippen molar-refractivity contribution in [1.29, 1.82) is 0 Å². The van der Waals surface area contributed by atoms with E-state index in [2.05, 4.69) is 0 Å². The van der Waals surface area contributed by atoms with Gasteiger partial charge in [-0.3, -0.25) is 4.79 Å². The van der Waals surface area contributed by atoms with Gasteiger partial charge in [0.1, 0.15) is 11.6 Å². The topological polar surface area (TPSA) is 26.3 Å². The van der Waals surface area contributed by atoms with Gasteiger partial charge in [0.15, 0.2) is 0 Å². The van der Waals surface area contributed by atoms with E-state index in [1.807, 2.05) is 30.3 Å². The maximum Gasteiger partial charge on any atom is 0.309 e. The fraction of sp³-hybridized carbons (Fsp3) is 0.316. The third kappa shape index (κ3) is 3.41. The first-order chi connectivity index (χ1) is 11.1. The third-order valence-corrected chi connectivity index (χ3v) is 4.20. The molecule has 0 N–H and O–H groups in total. The number of hydrogen-bond donors (Lipinski definition) is 0. The molecule has 1 fully saturated rings. The molecule has 0 radical (unpaired) electrons. The minimum Gasteiger partial charge on any atom is -0.466 e. The van der Waals surface area contributed by atoms with Crippen molar-refractivity contribution in [3.05, 3.63) is 70.8 Å². The summed E-state index contributed by atoms with van der Waals surface area (Å²) in [5.41, 5.74) is 1.46. The normalized spacial score (nSPS) is 19.4. The van der Waals surface area contributed by atoms with E-state index in [1.54, 1.807) is 6.92 Å². The number of ether oxygens (including phenoxy) is 1. The highest BCUT2D eigenvalue weighted by Crippen LogP contribution is 2.48. The molecule has 0 heterocycles. The Bertz CT molecular complexity index is 690. The van der Waals surface area contributed by atoms with E-state index in [4.69, 9.17) is 4.74 Å². The van der Waals surface area contributed by atoms with Crippen LogP contribution in [0.4, 0.5) is 8.78 Å². The molecule has 2 unspecified atom stereocenters. The summed E-state index contributed by atoms with van der Waals surface area (Å²) in [6.45, 7) is 2.06. The molecule has 2 aromatic rings. The highest BCUT2D eigenvalue weighted by Gasteiger charge is 2.45. The molecule has 2 atom stereocenters. The Morgan fingerprint density at radius 3 is 2.43 bits per heavy atom. The number of benzene rings is 2. The fourth-order valence-corrected chi connectivity index (χ4v) is 2.88. The zero-order chi connectivity index (χ0) is 16.4.